The van der Waals surface area contributed by atoms with Crippen LogP contribution in [0.4, 0.5) is 4.39 Å². The number of rotatable bonds is 2. The van der Waals surface area contributed by atoms with E-state index in [9.17, 15) is 4.39 Å². The summed E-state index contributed by atoms with van der Waals surface area (Å²) in [7, 11) is 3.86. The zero-order valence-corrected chi connectivity index (χ0v) is 9.30. The lowest BCUT2D eigenvalue weighted by Gasteiger charge is -2.10. The molecule has 12 heavy (non-hydrogen) atoms. The highest BCUT2D eigenvalue weighted by molar-refractivity contribution is 14.1. The van der Waals surface area contributed by atoms with Crippen molar-refractivity contribution in [1.29, 1.82) is 0 Å². The average molecular weight is 279 g/mol. The minimum Gasteiger partial charge on any atom is -0.305 e. The summed E-state index contributed by atoms with van der Waals surface area (Å²) in [6.07, 6.45) is 0. The van der Waals surface area contributed by atoms with E-state index in [1.807, 2.05) is 53.7 Å². The molecule has 0 heterocycles. The molecule has 0 saturated heterocycles. The molecule has 0 aliphatic rings. The van der Waals surface area contributed by atoms with E-state index in [-0.39, 0.29) is 5.82 Å². The molecule has 1 aromatic carbocycles. The summed E-state index contributed by atoms with van der Waals surface area (Å²) in [6, 6.07) is 5.47. The summed E-state index contributed by atoms with van der Waals surface area (Å²) in [5.74, 6) is -0.0909. The summed E-state index contributed by atoms with van der Waals surface area (Å²) >= 11 is 2.00. The van der Waals surface area contributed by atoms with Gasteiger partial charge in [-0.25, -0.2) is 4.39 Å². The van der Waals surface area contributed by atoms with Gasteiger partial charge in [-0.2, -0.15) is 0 Å². The maximum Gasteiger partial charge on any atom is 0.141 e. The van der Waals surface area contributed by atoms with Crippen molar-refractivity contribution in [2.75, 3.05) is 14.1 Å². The van der Waals surface area contributed by atoms with Crippen molar-refractivity contribution < 1.29 is 4.39 Å². The fourth-order valence-electron chi connectivity index (χ4n) is 1.01. The first-order valence-corrected chi connectivity index (χ1v) is 4.76. The molecular weight excluding hydrogens is 268 g/mol. The second-order valence-electron chi connectivity index (χ2n) is 2.95. The van der Waals surface area contributed by atoms with Crippen LogP contribution in [0.3, 0.4) is 0 Å². The Morgan fingerprint density at radius 2 is 2.08 bits per heavy atom. The molecule has 1 nitrogen and oxygen atoms in total. The molecule has 0 aliphatic carbocycles. The van der Waals surface area contributed by atoms with Crippen LogP contribution < -0.4 is 0 Å². The number of benzene rings is 1. The van der Waals surface area contributed by atoms with E-state index in [1.54, 1.807) is 6.07 Å². The molecule has 0 N–H and O–H groups in total. The van der Waals surface area contributed by atoms with Crippen LogP contribution in [0.15, 0.2) is 18.2 Å². The summed E-state index contributed by atoms with van der Waals surface area (Å²) in [4.78, 5) is 1.95. The predicted molar refractivity (Wildman–Crippen MR) is 56.5 cm³/mol. The molecule has 66 valence electrons. The van der Waals surface area contributed by atoms with Crippen LogP contribution in [0.2, 0.25) is 0 Å². The van der Waals surface area contributed by atoms with Crippen LogP contribution in [0.1, 0.15) is 5.56 Å². The van der Waals surface area contributed by atoms with Gasteiger partial charge in [0.2, 0.25) is 0 Å². The van der Waals surface area contributed by atoms with Crippen LogP contribution >= 0.6 is 22.6 Å². The molecule has 0 fully saturated rings. The Balaban J connectivity index is 2.92. The van der Waals surface area contributed by atoms with E-state index in [0.717, 1.165) is 5.56 Å². The van der Waals surface area contributed by atoms with E-state index >= 15 is 0 Å². The Bertz CT molecular complexity index is 273. The summed E-state index contributed by atoms with van der Waals surface area (Å²) in [5.41, 5.74) is 0.756. The van der Waals surface area contributed by atoms with Gasteiger partial charge in [0.25, 0.3) is 0 Å². The van der Waals surface area contributed by atoms with Gasteiger partial charge in [-0.3, -0.25) is 0 Å². The zero-order chi connectivity index (χ0) is 9.14. The SMILES string of the molecule is CN(C)Cc1cccc(I)c1F. The monoisotopic (exact) mass is 279 g/mol. The van der Waals surface area contributed by atoms with Gasteiger partial charge < -0.3 is 4.90 Å². The van der Waals surface area contributed by atoms with Gasteiger partial charge in [0.15, 0.2) is 0 Å². The minimum absolute atomic E-state index is 0.0909. The molecule has 0 bridgehead atoms. The highest BCUT2D eigenvalue weighted by atomic mass is 127. The second kappa shape index (κ2) is 4.18. The van der Waals surface area contributed by atoms with E-state index in [4.69, 9.17) is 0 Å². The third-order valence-electron chi connectivity index (χ3n) is 1.52. The zero-order valence-electron chi connectivity index (χ0n) is 7.14. The number of hydrogen-bond acceptors (Lipinski definition) is 1. The maximum atomic E-state index is 13.3. The molecule has 1 rings (SSSR count). The van der Waals surface area contributed by atoms with Gasteiger partial charge >= 0.3 is 0 Å². The third kappa shape index (κ3) is 2.42. The van der Waals surface area contributed by atoms with Crippen LogP contribution in [-0.2, 0) is 6.54 Å². The van der Waals surface area contributed by atoms with Gasteiger partial charge in [0.1, 0.15) is 5.82 Å². The Morgan fingerprint density at radius 3 is 2.67 bits per heavy atom. The first kappa shape index (κ1) is 9.92. The molecule has 0 unspecified atom stereocenters. The fourth-order valence-corrected chi connectivity index (χ4v) is 1.57. The Morgan fingerprint density at radius 1 is 1.42 bits per heavy atom. The summed E-state index contributed by atoms with van der Waals surface area (Å²) < 4.78 is 14.0. The third-order valence-corrected chi connectivity index (χ3v) is 2.35. The van der Waals surface area contributed by atoms with Gasteiger partial charge in [0, 0.05) is 15.7 Å². The molecule has 0 amide bonds. The van der Waals surface area contributed by atoms with Crippen molar-refractivity contribution in [1.82, 2.24) is 4.90 Å². The van der Waals surface area contributed by atoms with E-state index in [2.05, 4.69) is 0 Å². The molecule has 3 heteroatoms. The Labute approximate surface area is 85.7 Å². The number of halogens is 2. The minimum atomic E-state index is -0.0909. The van der Waals surface area contributed by atoms with E-state index in [0.29, 0.717) is 10.1 Å². The lowest BCUT2D eigenvalue weighted by Crippen LogP contribution is -2.12. The van der Waals surface area contributed by atoms with Crippen molar-refractivity contribution >= 4 is 22.6 Å². The molecule has 0 aliphatic heterocycles. The quantitative estimate of drug-likeness (QED) is 0.752. The first-order chi connectivity index (χ1) is 5.61. The molecule has 0 radical (unpaired) electrons. The van der Waals surface area contributed by atoms with Gasteiger partial charge in [-0.15, -0.1) is 0 Å². The maximum absolute atomic E-state index is 13.3. The average Bonchev–Trinajstić information content (AvgIpc) is 1.98. The molecule has 1 aromatic rings. The smallest absolute Gasteiger partial charge is 0.141 e. The van der Waals surface area contributed by atoms with Crippen LogP contribution in [0.25, 0.3) is 0 Å². The highest BCUT2D eigenvalue weighted by Crippen LogP contribution is 2.15. The van der Waals surface area contributed by atoms with Gasteiger partial charge in [-0.1, -0.05) is 12.1 Å². The van der Waals surface area contributed by atoms with Crippen LogP contribution in [-0.4, -0.2) is 19.0 Å². The predicted octanol–water partition coefficient (Wildman–Crippen LogP) is 2.49. The summed E-state index contributed by atoms with van der Waals surface area (Å²) in [5, 5.41) is 0. The normalized spacial score (nSPS) is 10.8. The van der Waals surface area contributed by atoms with Crippen LogP contribution in [0, 0.1) is 9.39 Å². The van der Waals surface area contributed by atoms with Crippen molar-refractivity contribution in [3.05, 3.63) is 33.1 Å². The van der Waals surface area contributed by atoms with Crippen molar-refractivity contribution in [2.24, 2.45) is 0 Å². The molecule has 0 atom stereocenters. The van der Waals surface area contributed by atoms with E-state index in [1.165, 1.54) is 0 Å². The first-order valence-electron chi connectivity index (χ1n) is 3.69. The lowest BCUT2D eigenvalue weighted by molar-refractivity contribution is 0.392. The van der Waals surface area contributed by atoms with Crippen molar-refractivity contribution in [3.63, 3.8) is 0 Å². The van der Waals surface area contributed by atoms with Gasteiger partial charge in [-0.05, 0) is 42.8 Å². The molecule has 0 aromatic heterocycles. The number of hydrogen-bond donors (Lipinski definition) is 0. The van der Waals surface area contributed by atoms with Crippen molar-refractivity contribution in [2.45, 2.75) is 6.54 Å². The standard InChI is InChI=1S/C9H11FIN/c1-12(2)6-7-4-3-5-8(11)9(7)10/h3-5H,6H2,1-2H3. The van der Waals surface area contributed by atoms with Crippen LogP contribution in [0.5, 0.6) is 0 Å². The lowest BCUT2D eigenvalue weighted by atomic mass is 10.2. The summed E-state index contributed by atoms with van der Waals surface area (Å²) in [6.45, 7) is 0.655. The topological polar surface area (TPSA) is 3.24 Å². The number of nitrogens with zero attached hydrogens (tertiary/aromatic N) is 1. The second-order valence-corrected chi connectivity index (χ2v) is 4.11. The van der Waals surface area contributed by atoms with E-state index < -0.39 is 0 Å². The molecular formula is C9H11FIN. The fraction of sp³-hybridized carbons (Fsp3) is 0.333. The molecule has 0 saturated carbocycles. The Kier molecular flexibility index (Phi) is 3.46. The largest absolute Gasteiger partial charge is 0.305 e. The highest BCUT2D eigenvalue weighted by Gasteiger charge is 2.05. The van der Waals surface area contributed by atoms with Crippen molar-refractivity contribution in [3.8, 4) is 0 Å². The molecule has 0 spiro atoms. The van der Waals surface area contributed by atoms with Gasteiger partial charge in [0.05, 0.1) is 0 Å². The Hall–Kier alpha value is -0.160.